The minimum atomic E-state index is 0.110. The summed E-state index contributed by atoms with van der Waals surface area (Å²) in [5.74, 6) is 0.221. The van der Waals surface area contributed by atoms with Gasteiger partial charge in [-0.1, -0.05) is 141 Å². The second kappa shape index (κ2) is 35.6. The lowest BCUT2D eigenvalue weighted by Crippen LogP contribution is -2.34. The summed E-state index contributed by atoms with van der Waals surface area (Å²) in [4.78, 5) is 24.0. The predicted octanol–water partition coefficient (Wildman–Crippen LogP) is 11.3. The maximum atomic E-state index is 12.0. The van der Waals surface area contributed by atoms with Gasteiger partial charge in [-0.25, -0.2) is 0 Å². The number of hydrogen-bond acceptors (Lipinski definition) is 2. The zero-order valence-corrected chi connectivity index (χ0v) is 28.3. The van der Waals surface area contributed by atoms with E-state index in [1.807, 2.05) is 0 Å². The van der Waals surface area contributed by atoms with Crippen molar-refractivity contribution in [1.29, 1.82) is 0 Å². The Hall–Kier alpha value is -1.58. The van der Waals surface area contributed by atoms with E-state index in [9.17, 15) is 9.59 Å². The van der Waals surface area contributed by atoms with Crippen LogP contribution in [0.3, 0.4) is 0 Å². The van der Waals surface area contributed by atoms with Crippen molar-refractivity contribution in [2.24, 2.45) is 0 Å². The van der Waals surface area contributed by atoms with Gasteiger partial charge in [0.1, 0.15) is 0 Å². The van der Waals surface area contributed by atoms with Crippen LogP contribution in [0.4, 0.5) is 0 Å². The molecule has 4 heteroatoms. The highest BCUT2D eigenvalue weighted by atomic mass is 16.2. The van der Waals surface area contributed by atoms with Gasteiger partial charge in [-0.05, 0) is 64.2 Å². The van der Waals surface area contributed by atoms with Crippen molar-refractivity contribution in [2.75, 3.05) is 13.1 Å². The number of carbonyl (C=O) groups excluding carboxylic acids is 2. The molecule has 0 fully saturated rings. The maximum absolute atomic E-state index is 12.0. The van der Waals surface area contributed by atoms with Crippen molar-refractivity contribution >= 4 is 11.8 Å². The highest BCUT2D eigenvalue weighted by molar-refractivity contribution is 5.77. The fourth-order valence-electron chi connectivity index (χ4n) is 5.29. The molecule has 0 unspecified atom stereocenters. The van der Waals surface area contributed by atoms with E-state index in [-0.39, 0.29) is 11.8 Å². The number of rotatable bonds is 33. The normalized spacial score (nSPS) is 11.6. The van der Waals surface area contributed by atoms with Gasteiger partial charge in [-0.3, -0.25) is 9.59 Å². The zero-order chi connectivity index (χ0) is 30.6. The molecule has 0 saturated heterocycles. The minimum absolute atomic E-state index is 0.110. The maximum Gasteiger partial charge on any atom is 0.220 e. The average Bonchev–Trinajstić information content (AvgIpc) is 2.99. The van der Waals surface area contributed by atoms with Gasteiger partial charge in [0.2, 0.25) is 11.8 Å². The van der Waals surface area contributed by atoms with Crippen LogP contribution in [-0.2, 0) is 9.59 Å². The first-order valence-corrected chi connectivity index (χ1v) is 18.5. The summed E-state index contributed by atoms with van der Waals surface area (Å²) in [6, 6.07) is 0. The Morgan fingerprint density at radius 3 is 0.952 bits per heavy atom. The second-order valence-corrected chi connectivity index (χ2v) is 12.4. The minimum Gasteiger partial charge on any atom is -0.354 e. The molecule has 0 atom stereocenters. The van der Waals surface area contributed by atoms with E-state index in [0.29, 0.717) is 25.9 Å². The SMILES string of the molecule is CCCCCCCC/C=C/CCCCCCCC(=O)NCCNC(=O)CCCCCCC/C=C/CCCCCCCC. The predicted molar refractivity (Wildman–Crippen MR) is 185 cm³/mol. The van der Waals surface area contributed by atoms with E-state index < -0.39 is 0 Å². The molecular weight excluding hydrogens is 516 g/mol. The Morgan fingerprint density at radius 1 is 0.381 bits per heavy atom. The van der Waals surface area contributed by atoms with Crippen molar-refractivity contribution in [3.63, 3.8) is 0 Å². The summed E-state index contributed by atoms with van der Waals surface area (Å²) in [6.07, 6.45) is 43.6. The summed E-state index contributed by atoms with van der Waals surface area (Å²) in [7, 11) is 0. The molecule has 42 heavy (non-hydrogen) atoms. The molecule has 0 aliphatic heterocycles. The van der Waals surface area contributed by atoms with Crippen molar-refractivity contribution < 1.29 is 9.59 Å². The number of hydrogen-bond donors (Lipinski definition) is 2. The van der Waals surface area contributed by atoms with Crippen LogP contribution in [0.1, 0.15) is 194 Å². The first kappa shape index (κ1) is 40.4. The van der Waals surface area contributed by atoms with Gasteiger partial charge < -0.3 is 10.6 Å². The molecule has 246 valence electrons. The Balaban J connectivity index is 3.34. The van der Waals surface area contributed by atoms with Crippen LogP contribution in [-0.4, -0.2) is 24.9 Å². The van der Waals surface area contributed by atoms with Gasteiger partial charge in [0.15, 0.2) is 0 Å². The van der Waals surface area contributed by atoms with Crippen LogP contribution < -0.4 is 10.6 Å². The summed E-state index contributed by atoms with van der Waals surface area (Å²) < 4.78 is 0. The molecule has 0 rings (SSSR count). The zero-order valence-electron chi connectivity index (χ0n) is 28.3. The fraction of sp³-hybridized carbons (Fsp3) is 0.842. The number of allylic oxidation sites excluding steroid dienone is 4. The summed E-state index contributed by atoms with van der Waals surface area (Å²) >= 11 is 0. The molecule has 4 nitrogen and oxygen atoms in total. The third-order valence-electron chi connectivity index (χ3n) is 8.10. The van der Waals surface area contributed by atoms with Gasteiger partial charge in [-0.15, -0.1) is 0 Å². The first-order valence-electron chi connectivity index (χ1n) is 18.5. The van der Waals surface area contributed by atoms with E-state index in [0.717, 1.165) is 25.7 Å². The van der Waals surface area contributed by atoms with E-state index in [1.54, 1.807) is 0 Å². The Kier molecular flexibility index (Phi) is 34.3. The number of unbranched alkanes of at least 4 members (excludes halogenated alkanes) is 22. The standard InChI is InChI=1S/C38H72N2O2/c1-3-5-7-9-11-13-15-17-19-21-23-25-27-29-31-33-37(41)39-35-36-40-38(42)34-32-30-28-26-24-22-20-18-16-14-12-10-8-6-4-2/h17-20H,3-16,21-36H2,1-2H3,(H,39,41)(H,40,42)/b19-17+,20-18+. The molecule has 0 aromatic heterocycles. The largest absolute Gasteiger partial charge is 0.354 e. The van der Waals surface area contributed by atoms with Crippen LogP contribution in [0.25, 0.3) is 0 Å². The van der Waals surface area contributed by atoms with Crippen LogP contribution in [0.2, 0.25) is 0 Å². The average molecular weight is 589 g/mol. The lowest BCUT2D eigenvalue weighted by molar-refractivity contribution is -0.123. The molecule has 2 amide bonds. The highest BCUT2D eigenvalue weighted by Crippen LogP contribution is 2.11. The van der Waals surface area contributed by atoms with Crippen molar-refractivity contribution in [3.05, 3.63) is 24.3 Å². The lowest BCUT2D eigenvalue weighted by atomic mass is 10.1. The smallest absolute Gasteiger partial charge is 0.220 e. The molecule has 0 aliphatic rings. The monoisotopic (exact) mass is 589 g/mol. The van der Waals surface area contributed by atoms with Gasteiger partial charge >= 0.3 is 0 Å². The second-order valence-electron chi connectivity index (χ2n) is 12.4. The molecule has 0 aromatic carbocycles. The molecule has 0 radical (unpaired) electrons. The summed E-state index contributed by atoms with van der Waals surface area (Å²) in [5, 5.41) is 5.88. The number of carbonyl (C=O) groups is 2. The van der Waals surface area contributed by atoms with Crippen LogP contribution in [0.5, 0.6) is 0 Å². The van der Waals surface area contributed by atoms with Gasteiger partial charge in [0.05, 0.1) is 0 Å². The van der Waals surface area contributed by atoms with Gasteiger partial charge in [0, 0.05) is 25.9 Å². The van der Waals surface area contributed by atoms with Gasteiger partial charge in [0.25, 0.3) is 0 Å². The highest BCUT2D eigenvalue weighted by Gasteiger charge is 2.03. The fourth-order valence-corrected chi connectivity index (χ4v) is 5.29. The first-order chi connectivity index (χ1) is 20.7. The lowest BCUT2D eigenvalue weighted by Gasteiger charge is -2.07. The molecule has 0 spiro atoms. The van der Waals surface area contributed by atoms with Gasteiger partial charge in [-0.2, -0.15) is 0 Å². The van der Waals surface area contributed by atoms with Crippen molar-refractivity contribution in [3.8, 4) is 0 Å². The molecular formula is C38H72N2O2. The molecule has 0 bridgehead atoms. The quantitative estimate of drug-likeness (QED) is 0.0591. The molecule has 2 N–H and O–H groups in total. The van der Waals surface area contributed by atoms with Crippen LogP contribution in [0.15, 0.2) is 24.3 Å². The summed E-state index contributed by atoms with van der Waals surface area (Å²) in [5.41, 5.74) is 0. The Labute approximate surface area is 262 Å². The Bertz CT molecular complexity index is 575. The third kappa shape index (κ3) is 34.6. The van der Waals surface area contributed by atoms with Crippen LogP contribution >= 0.6 is 0 Å². The van der Waals surface area contributed by atoms with E-state index in [1.165, 1.54) is 141 Å². The molecule has 0 saturated carbocycles. The third-order valence-corrected chi connectivity index (χ3v) is 8.10. The molecule has 0 heterocycles. The van der Waals surface area contributed by atoms with Crippen molar-refractivity contribution in [1.82, 2.24) is 10.6 Å². The summed E-state index contributed by atoms with van der Waals surface area (Å²) in [6.45, 7) is 5.60. The molecule has 0 aromatic rings. The van der Waals surface area contributed by atoms with E-state index in [2.05, 4.69) is 48.8 Å². The van der Waals surface area contributed by atoms with Crippen molar-refractivity contribution in [2.45, 2.75) is 194 Å². The molecule has 0 aliphatic carbocycles. The topological polar surface area (TPSA) is 58.2 Å². The van der Waals surface area contributed by atoms with Crippen LogP contribution in [0, 0.1) is 0 Å². The number of nitrogens with one attached hydrogen (secondary N) is 2. The van der Waals surface area contributed by atoms with E-state index in [4.69, 9.17) is 0 Å². The van der Waals surface area contributed by atoms with E-state index >= 15 is 0 Å². The Morgan fingerprint density at radius 2 is 0.643 bits per heavy atom. The number of amides is 2.